The van der Waals surface area contributed by atoms with Crippen molar-refractivity contribution >= 4 is 11.6 Å². The number of likely N-dealkylation sites (N-methyl/N-ethyl adjacent to an activating group) is 1. The Balaban J connectivity index is 2.02. The lowest BCUT2D eigenvalue weighted by atomic mass is 9.75. The van der Waals surface area contributed by atoms with E-state index in [2.05, 4.69) is 17.2 Å². The predicted octanol–water partition coefficient (Wildman–Crippen LogP) is 3.21. The van der Waals surface area contributed by atoms with Crippen LogP contribution in [0.25, 0.3) is 0 Å². The highest BCUT2D eigenvalue weighted by Gasteiger charge is 2.38. The molecule has 1 N–H and O–H groups in total. The van der Waals surface area contributed by atoms with Crippen LogP contribution >= 0.6 is 11.6 Å². The number of rotatable bonds is 7. The molecular formula is C15H23ClN2O. The number of aromatic nitrogens is 1. The lowest BCUT2D eigenvalue weighted by Crippen LogP contribution is -2.46. The summed E-state index contributed by atoms with van der Waals surface area (Å²) >= 11 is 6.20. The lowest BCUT2D eigenvalue weighted by molar-refractivity contribution is -0.0833. The molecule has 2 rings (SSSR count). The first kappa shape index (κ1) is 14.8. The highest BCUT2D eigenvalue weighted by molar-refractivity contribution is 6.31. The third kappa shape index (κ3) is 3.68. The number of ether oxygens (including phenoxy) is 1. The Bertz CT molecular complexity index is 401. The summed E-state index contributed by atoms with van der Waals surface area (Å²) in [7, 11) is 1.83. The maximum atomic E-state index is 6.20. The third-order valence-corrected chi connectivity index (χ3v) is 4.47. The van der Waals surface area contributed by atoms with Crippen LogP contribution in [0.3, 0.4) is 0 Å². The largest absolute Gasteiger partial charge is 0.378 e. The number of halogens is 1. The molecular weight excluding hydrogens is 260 g/mol. The molecule has 106 valence electrons. The van der Waals surface area contributed by atoms with E-state index in [4.69, 9.17) is 16.3 Å². The summed E-state index contributed by atoms with van der Waals surface area (Å²) in [6.07, 6.45) is 9.14. The second-order valence-electron chi connectivity index (χ2n) is 5.37. The fourth-order valence-electron chi connectivity index (χ4n) is 2.85. The molecule has 0 spiro atoms. The summed E-state index contributed by atoms with van der Waals surface area (Å²) in [5, 5.41) is 4.31. The van der Waals surface area contributed by atoms with E-state index in [0.29, 0.717) is 6.04 Å². The SMILES string of the molecule is CCNC(Cc1ccncc1Cl)CC1(OC)CCC1. The summed E-state index contributed by atoms with van der Waals surface area (Å²) < 4.78 is 5.73. The predicted molar refractivity (Wildman–Crippen MR) is 78.6 cm³/mol. The first-order valence-corrected chi connectivity index (χ1v) is 7.44. The Morgan fingerprint density at radius 1 is 1.53 bits per heavy atom. The minimum Gasteiger partial charge on any atom is -0.378 e. The Morgan fingerprint density at radius 3 is 2.84 bits per heavy atom. The zero-order chi connectivity index (χ0) is 13.7. The summed E-state index contributed by atoms with van der Waals surface area (Å²) in [4.78, 5) is 4.04. The van der Waals surface area contributed by atoms with Crippen molar-refractivity contribution in [1.82, 2.24) is 10.3 Å². The minimum atomic E-state index is 0.0896. The molecule has 1 unspecified atom stereocenters. The smallest absolute Gasteiger partial charge is 0.0693 e. The molecule has 1 aromatic heterocycles. The van der Waals surface area contributed by atoms with Crippen molar-refractivity contribution in [3.8, 4) is 0 Å². The van der Waals surface area contributed by atoms with Crippen LogP contribution in [0.5, 0.6) is 0 Å². The van der Waals surface area contributed by atoms with Crippen molar-refractivity contribution in [2.24, 2.45) is 0 Å². The van der Waals surface area contributed by atoms with Gasteiger partial charge in [0.2, 0.25) is 0 Å². The van der Waals surface area contributed by atoms with Gasteiger partial charge >= 0.3 is 0 Å². The summed E-state index contributed by atoms with van der Waals surface area (Å²) in [6.45, 7) is 3.11. The van der Waals surface area contributed by atoms with Crippen LogP contribution in [0.4, 0.5) is 0 Å². The van der Waals surface area contributed by atoms with E-state index in [1.807, 2.05) is 13.2 Å². The average molecular weight is 283 g/mol. The minimum absolute atomic E-state index is 0.0896. The molecule has 0 saturated heterocycles. The van der Waals surface area contributed by atoms with Crippen LogP contribution in [-0.2, 0) is 11.2 Å². The molecule has 3 nitrogen and oxygen atoms in total. The molecule has 19 heavy (non-hydrogen) atoms. The van der Waals surface area contributed by atoms with E-state index >= 15 is 0 Å². The normalized spacial score (nSPS) is 18.9. The number of hydrogen-bond donors (Lipinski definition) is 1. The van der Waals surface area contributed by atoms with E-state index < -0.39 is 0 Å². The van der Waals surface area contributed by atoms with Gasteiger partial charge in [-0.1, -0.05) is 18.5 Å². The lowest BCUT2D eigenvalue weighted by Gasteiger charge is -2.43. The second-order valence-corrected chi connectivity index (χ2v) is 5.78. The van der Waals surface area contributed by atoms with Crippen LogP contribution < -0.4 is 5.32 Å². The van der Waals surface area contributed by atoms with Crippen molar-refractivity contribution in [1.29, 1.82) is 0 Å². The summed E-state index contributed by atoms with van der Waals surface area (Å²) in [6, 6.07) is 2.41. The number of nitrogens with zero attached hydrogens (tertiary/aromatic N) is 1. The molecule has 0 amide bonds. The van der Waals surface area contributed by atoms with Gasteiger partial charge < -0.3 is 10.1 Å². The highest BCUT2D eigenvalue weighted by Crippen LogP contribution is 2.39. The van der Waals surface area contributed by atoms with Crippen molar-refractivity contribution in [3.63, 3.8) is 0 Å². The van der Waals surface area contributed by atoms with Crippen molar-refractivity contribution in [2.45, 2.75) is 50.7 Å². The first-order valence-electron chi connectivity index (χ1n) is 7.06. The molecule has 0 radical (unpaired) electrons. The van der Waals surface area contributed by atoms with E-state index in [9.17, 15) is 0 Å². The van der Waals surface area contributed by atoms with Gasteiger partial charge in [0, 0.05) is 25.5 Å². The van der Waals surface area contributed by atoms with E-state index in [1.54, 1.807) is 12.4 Å². The van der Waals surface area contributed by atoms with Crippen molar-refractivity contribution < 1.29 is 4.74 Å². The van der Waals surface area contributed by atoms with Crippen molar-refractivity contribution in [3.05, 3.63) is 29.0 Å². The maximum Gasteiger partial charge on any atom is 0.0693 e. The molecule has 1 atom stereocenters. The van der Waals surface area contributed by atoms with Gasteiger partial charge in [0.05, 0.1) is 10.6 Å². The zero-order valence-electron chi connectivity index (χ0n) is 11.8. The van der Waals surface area contributed by atoms with E-state index in [0.717, 1.165) is 30.0 Å². The van der Waals surface area contributed by atoms with Crippen LogP contribution in [0.1, 0.15) is 38.2 Å². The average Bonchev–Trinajstić information content (AvgIpc) is 2.36. The molecule has 1 aromatic rings. The van der Waals surface area contributed by atoms with Crippen molar-refractivity contribution in [2.75, 3.05) is 13.7 Å². The molecule has 1 aliphatic rings. The van der Waals surface area contributed by atoms with Crippen LogP contribution in [-0.4, -0.2) is 30.3 Å². The van der Waals surface area contributed by atoms with Crippen LogP contribution in [0.15, 0.2) is 18.5 Å². The number of methoxy groups -OCH3 is 1. The Kier molecular flexibility index (Phi) is 5.20. The number of nitrogens with one attached hydrogen (secondary N) is 1. The molecule has 0 bridgehead atoms. The Morgan fingerprint density at radius 2 is 2.32 bits per heavy atom. The molecule has 4 heteroatoms. The molecule has 1 heterocycles. The van der Waals surface area contributed by atoms with Gasteiger partial charge in [-0.15, -0.1) is 0 Å². The third-order valence-electron chi connectivity index (χ3n) is 4.13. The van der Waals surface area contributed by atoms with Gasteiger partial charge in [-0.05, 0) is 50.3 Å². The highest BCUT2D eigenvalue weighted by atomic mass is 35.5. The molecule has 0 aliphatic heterocycles. The topological polar surface area (TPSA) is 34.2 Å². The molecule has 1 aliphatic carbocycles. The second kappa shape index (κ2) is 6.69. The zero-order valence-corrected chi connectivity index (χ0v) is 12.5. The van der Waals surface area contributed by atoms with Gasteiger partial charge in [-0.25, -0.2) is 0 Å². The van der Waals surface area contributed by atoms with Gasteiger partial charge in [-0.3, -0.25) is 4.98 Å². The molecule has 0 aromatic carbocycles. The Labute approximate surface area is 120 Å². The quantitative estimate of drug-likeness (QED) is 0.834. The molecule has 1 saturated carbocycles. The number of pyridine rings is 1. The fourth-order valence-corrected chi connectivity index (χ4v) is 3.05. The monoisotopic (exact) mass is 282 g/mol. The standard InChI is InChI=1S/C15H23ClN2O/c1-3-18-13(10-15(19-2)6-4-7-15)9-12-5-8-17-11-14(12)16/h5,8,11,13,18H,3-4,6-7,9-10H2,1-2H3. The van der Waals surface area contributed by atoms with Gasteiger partial charge in [-0.2, -0.15) is 0 Å². The fraction of sp³-hybridized carbons (Fsp3) is 0.667. The van der Waals surface area contributed by atoms with Crippen LogP contribution in [0.2, 0.25) is 5.02 Å². The summed E-state index contributed by atoms with van der Waals surface area (Å²) in [5.41, 5.74) is 1.25. The van der Waals surface area contributed by atoms with Gasteiger partial charge in [0.25, 0.3) is 0 Å². The first-order chi connectivity index (χ1) is 9.19. The molecule has 1 fully saturated rings. The summed E-state index contributed by atoms with van der Waals surface area (Å²) in [5.74, 6) is 0. The van der Waals surface area contributed by atoms with E-state index in [-0.39, 0.29) is 5.60 Å². The van der Waals surface area contributed by atoms with Crippen LogP contribution in [0, 0.1) is 0 Å². The number of hydrogen-bond acceptors (Lipinski definition) is 3. The Hall–Kier alpha value is -0.640. The van der Waals surface area contributed by atoms with Gasteiger partial charge in [0.1, 0.15) is 0 Å². The maximum absolute atomic E-state index is 6.20. The van der Waals surface area contributed by atoms with E-state index in [1.165, 1.54) is 19.3 Å². The van der Waals surface area contributed by atoms with Gasteiger partial charge in [0.15, 0.2) is 0 Å².